The Morgan fingerprint density at radius 2 is 2.19 bits per heavy atom. The fourth-order valence-corrected chi connectivity index (χ4v) is 3.21. The molecule has 6 heteroatoms. The fraction of sp³-hybridized carbons (Fsp3) is 0.500. The van der Waals surface area contributed by atoms with E-state index in [-0.39, 0.29) is 4.90 Å². The number of hydrogen-bond donors (Lipinski definition) is 1. The van der Waals surface area contributed by atoms with Gasteiger partial charge in [0.15, 0.2) is 0 Å². The third-order valence-corrected chi connectivity index (χ3v) is 4.78. The van der Waals surface area contributed by atoms with E-state index >= 15 is 0 Å². The number of hydrogen-bond acceptors (Lipinski definition) is 3. The minimum atomic E-state index is -3.38. The third kappa shape index (κ3) is 1.90. The molecule has 88 valence electrons. The molecule has 0 amide bonds. The van der Waals surface area contributed by atoms with Gasteiger partial charge in [-0.25, -0.2) is 8.42 Å². The highest BCUT2D eigenvalue weighted by atomic mass is 32.2. The molecule has 0 radical (unpaired) electrons. The highest BCUT2D eigenvalue weighted by Gasteiger charge is 2.27. The van der Waals surface area contributed by atoms with Crippen LogP contribution in [0.1, 0.15) is 19.0 Å². The maximum atomic E-state index is 12.2. The molecule has 1 aromatic rings. The SMILES string of the molecule is CC1=CCN(S(=O)(=O)c2cn[nH]c2C)CC1. The zero-order valence-electron chi connectivity index (χ0n) is 9.40. The van der Waals surface area contributed by atoms with Crippen LogP contribution in [-0.4, -0.2) is 36.0 Å². The van der Waals surface area contributed by atoms with E-state index in [4.69, 9.17) is 0 Å². The second-order valence-corrected chi connectivity index (χ2v) is 5.93. The maximum absolute atomic E-state index is 12.2. The summed E-state index contributed by atoms with van der Waals surface area (Å²) in [4.78, 5) is 0.278. The molecule has 0 atom stereocenters. The Morgan fingerprint density at radius 3 is 2.69 bits per heavy atom. The minimum absolute atomic E-state index is 0.278. The standard InChI is InChI=1S/C10H15N3O2S/c1-8-3-5-13(6-4-8)16(14,15)10-7-11-12-9(10)2/h3,7H,4-6H2,1-2H3,(H,11,12). The molecular formula is C10H15N3O2S. The molecule has 1 N–H and O–H groups in total. The molecule has 2 rings (SSSR count). The van der Waals surface area contributed by atoms with Gasteiger partial charge in [-0.15, -0.1) is 0 Å². The zero-order valence-corrected chi connectivity index (χ0v) is 10.2. The van der Waals surface area contributed by atoms with E-state index < -0.39 is 10.0 Å². The lowest BCUT2D eigenvalue weighted by Gasteiger charge is -2.24. The van der Waals surface area contributed by atoms with Gasteiger partial charge in [-0.05, 0) is 20.3 Å². The molecule has 0 unspecified atom stereocenters. The van der Waals surface area contributed by atoms with Crippen LogP contribution in [0.5, 0.6) is 0 Å². The minimum Gasteiger partial charge on any atom is -0.281 e. The van der Waals surface area contributed by atoms with Crippen molar-refractivity contribution in [1.82, 2.24) is 14.5 Å². The van der Waals surface area contributed by atoms with Crippen LogP contribution in [-0.2, 0) is 10.0 Å². The predicted octanol–water partition coefficient (Wildman–Crippen LogP) is 1.06. The quantitative estimate of drug-likeness (QED) is 0.787. The highest BCUT2D eigenvalue weighted by Crippen LogP contribution is 2.21. The smallest absolute Gasteiger partial charge is 0.246 e. The van der Waals surface area contributed by atoms with Crippen LogP contribution in [0.25, 0.3) is 0 Å². The summed E-state index contributed by atoms with van der Waals surface area (Å²) in [5, 5.41) is 6.40. The first-order chi connectivity index (χ1) is 7.51. The molecule has 5 nitrogen and oxygen atoms in total. The molecule has 0 bridgehead atoms. The number of rotatable bonds is 2. The largest absolute Gasteiger partial charge is 0.281 e. The van der Waals surface area contributed by atoms with Crippen molar-refractivity contribution in [3.63, 3.8) is 0 Å². The van der Waals surface area contributed by atoms with Crippen LogP contribution >= 0.6 is 0 Å². The van der Waals surface area contributed by atoms with Crippen LogP contribution in [0.2, 0.25) is 0 Å². The number of nitrogens with zero attached hydrogens (tertiary/aromatic N) is 2. The van der Waals surface area contributed by atoms with Gasteiger partial charge in [0.1, 0.15) is 4.90 Å². The van der Waals surface area contributed by atoms with Gasteiger partial charge < -0.3 is 0 Å². The molecule has 2 heterocycles. The Balaban J connectivity index is 2.31. The number of nitrogens with one attached hydrogen (secondary N) is 1. The molecule has 0 saturated heterocycles. The molecule has 1 aliphatic heterocycles. The first kappa shape index (κ1) is 11.3. The summed E-state index contributed by atoms with van der Waals surface area (Å²) >= 11 is 0. The van der Waals surface area contributed by atoms with E-state index in [9.17, 15) is 8.42 Å². The van der Waals surface area contributed by atoms with Crippen LogP contribution in [0.4, 0.5) is 0 Å². The number of aryl methyl sites for hydroxylation is 1. The summed E-state index contributed by atoms with van der Waals surface area (Å²) in [7, 11) is -3.38. The zero-order chi connectivity index (χ0) is 11.8. The highest BCUT2D eigenvalue weighted by molar-refractivity contribution is 7.89. The molecule has 1 aliphatic rings. The van der Waals surface area contributed by atoms with Gasteiger partial charge in [-0.3, -0.25) is 5.10 Å². The number of aromatic nitrogens is 2. The predicted molar refractivity (Wildman–Crippen MR) is 60.5 cm³/mol. The normalized spacial score (nSPS) is 18.5. The topological polar surface area (TPSA) is 66.1 Å². The van der Waals surface area contributed by atoms with E-state index in [1.54, 1.807) is 6.92 Å². The maximum Gasteiger partial charge on any atom is 0.246 e. The summed E-state index contributed by atoms with van der Waals surface area (Å²) < 4.78 is 25.9. The molecule has 0 saturated carbocycles. The lowest BCUT2D eigenvalue weighted by atomic mass is 10.1. The average molecular weight is 241 g/mol. The van der Waals surface area contributed by atoms with Crippen molar-refractivity contribution in [3.05, 3.63) is 23.5 Å². The van der Waals surface area contributed by atoms with Crippen molar-refractivity contribution in [1.29, 1.82) is 0 Å². The van der Waals surface area contributed by atoms with Crippen LogP contribution in [0.15, 0.2) is 22.7 Å². The van der Waals surface area contributed by atoms with Crippen molar-refractivity contribution in [2.75, 3.05) is 13.1 Å². The van der Waals surface area contributed by atoms with Gasteiger partial charge in [0, 0.05) is 13.1 Å². The molecule has 1 aromatic heterocycles. The van der Waals surface area contributed by atoms with Gasteiger partial charge in [0.25, 0.3) is 0 Å². The van der Waals surface area contributed by atoms with Crippen LogP contribution in [0.3, 0.4) is 0 Å². The van der Waals surface area contributed by atoms with Crippen LogP contribution < -0.4 is 0 Å². The molecule has 0 aromatic carbocycles. The van der Waals surface area contributed by atoms with Gasteiger partial charge in [-0.2, -0.15) is 9.40 Å². The molecule has 0 aliphatic carbocycles. The summed E-state index contributed by atoms with van der Waals surface area (Å²) in [6.45, 7) is 4.74. The Morgan fingerprint density at radius 1 is 1.44 bits per heavy atom. The van der Waals surface area contributed by atoms with E-state index in [0.717, 1.165) is 6.42 Å². The van der Waals surface area contributed by atoms with Gasteiger partial charge >= 0.3 is 0 Å². The second kappa shape index (κ2) is 4.03. The van der Waals surface area contributed by atoms with E-state index in [1.165, 1.54) is 16.1 Å². The van der Waals surface area contributed by atoms with Crippen molar-refractivity contribution >= 4 is 10.0 Å². The number of H-pyrrole nitrogens is 1. The first-order valence-corrected chi connectivity index (χ1v) is 6.61. The Kier molecular flexibility index (Phi) is 2.86. The first-order valence-electron chi connectivity index (χ1n) is 5.17. The lowest BCUT2D eigenvalue weighted by Crippen LogP contribution is -2.34. The van der Waals surface area contributed by atoms with Crippen molar-refractivity contribution in [2.24, 2.45) is 0 Å². The molecule has 16 heavy (non-hydrogen) atoms. The summed E-state index contributed by atoms with van der Waals surface area (Å²) in [6.07, 6.45) is 4.13. The number of aromatic amines is 1. The van der Waals surface area contributed by atoms with Crippen LogP contribution in [0, 0.1) is 6.92 Å². The molecule has 0 spiro atoms. The van der Waals surface area contributed by atoms with Gasteiger partial charge in [0.05, 0.1) is 11.9 Å². The van der Waals surface area contributed by atoms with E-state index in [2.05, 4.69) is 10.2 Å². The van der Waals surface area contributed by atoms with Crippen molar-refractivity contribution in [3.8, 4) is 0 Å². The van der Waals surface area contributed by atoms with Gasteiger partial charge in [-0.1, -0.05) is 11.6 Å². The van der Waals surface area contributed by atoms with Gasteiger partial charge in [0.2, 0.25) is 10.0 Å². The third-order valence-electron chi connectivity index (χ3n) is 2.80. The van der Waals surface area contributed by atoms with Crippen molar-refractivity contribution < 1.29 is 8.42 Å². The molecule has 0 fully saturated rings. The Hall–Kier alpha value is -1.14. The average Bonchev–Trinajstić information content (AvgIpc) is 2.66. The fourth-order valence-electron chi connectivity index (χ4n) is 1.71. The lowest BCUT2D eigenvalue weighted by molar-refractivity contribution is 0.431. The van der Waals surface area contributed by atoms with E-state index in [1.807, 2.05) is 13.0 Å². The second-order valence-electron chi connectivity index (χ2n) is 4.02. The van der Waals surface area contributed by atoms with E-state index in [0.29, 0.717) is 18.8 Å². The summed E-state index contributed by atoms with van der Waals surface area (Å²) in [6, 6.07) is 0. The number of sulfonamides is 1. The summed E-state index contributed by atoms with van der Waals surface area (Å²) in [5.74, 6) is 0. The summed E-state index contributed by atoms with van der Waals surface area (Å²) in [5.41, 5.74) is 1.83. The molecular weight excluding hydrogens is 226 g/mol. The Labute approximate surface area is 95.2 Å². The monoisotopic (exact) mass is 241 g/mol. The Bertz CT molecular complexity index is 516. The van der Waals surface area contributed by atoms with Crippen molar-refractivity contribution in [2.45, 2.75) is 25.2 Å².